The van der Waals surface area contributed by atoms with E-state index < -0.39 is 0 Å². The van der Waals surface area contributed by atoms with E-state index in [4.69, 9.17) is 9.47 Å². The van der Waals surface area contributed by atoms with Crippen molar-refractivity contribution in [1.82, 2.24) is 0 Å². The first-order valence-electron chi connectivity index (χ1n) is 10.2. The summed E-state index contributed by atoms with van der Waals surface area (Å²) in [4.78, 5) is 24.5. The molecular formula is C24H29NO4. The Labute approximate surface area is 172 Å². The topological polar surface area (TPSA) is 64.6 Å². The van der Waals surface area contributed by atoms with Gasteiger partial charge >= 0.3 is 5.97 Å². The maximum absolute atomic E-state index is 12.3. The average Bonchev–Trinajstić information content (AvgIpc) is 2.71. The Morgan fingerprint density at radius 3 is 2.38 bits per heavy atom. The van der Waals surface area contributed by atoms with Crippen molar-refractivity contribution in [2.75, 3.05) is 11.9 Å². The van der Waals surface area contributed by atoms with E-state index in [0.717, 1.165) is 48.1 Å². The van der Waals surface area contributed by atoms with E-state index in [2.05, 4.69) is 11.4 Å². The van der Waals surface area contributed by atoms with Gasteiger partial charge in [0.05, 0.1) is 5.56 Å². The molecular weight excluding hydrogens is 366 g/mol. The molecule has 0 saturated heterocycles. The molecule has 0 aliphatic heterocycles. The molecule has 1 N–H and O–H groups in total. The van der Waals surface area contributed by atoms with Gasteiger partial charge in [-0.25, -0.2) is 4.79 Å². The Morgan fingerprint density at radius 1 is 1.00 bits per heavy atom. The highest BCUT2D eigenvalue weighted by atomic mass is 16.5. The second kappa shape index (κ2) is 9.59. The van der Waals surface area contributed by atoms with E-state index in [0.29, 0.717) is 11.3 Å². The minimum atomic E-state index is -0.302. The summed E-state index contributed by atoms with van der Waals surface area (Å²) in [6.07, 6.45) is 5.37. The number of carbonyl (C=O) groups excluding carboxylic acids is 2. The summed E-state index contributed by atoms with van der Waals surface area (Å²) in [5, 5.41) is 2.79. The zero-order chi connectivity index (χ0) is 20.8. The van der Waals surface area contributed by atoms with Crippen LogP contribution in [0, 0.1) is 20.8 Å². The van der Waals surface area contributed by atoms with E-state index in [-0.39, 0.29) is 24.6 Å². The molecule has 0 aromatic heterocycles. The number of rotatable bonds is 6. The second-order valence-electron chi connectivity index (χ2n) is 7.78. The Kier molecular flexibility index (Phi) is 6.91. The molecule has 5 heteroatoms. The summed E-state index contributed by atoms with van der Waals surface area (Å²) in [6, 6.07) is 10.8. The SMILES string of the molecule is Cc1cc(C)c(C)c(OCC(=O)Nc2ccc(C(=O)OC3CCCCC3)cc2)c1. The van der Waals surface area contributed by atoms with Gasteiger partial charge in [0.15, 0.2) is 6.61 Å². The van der Waals surface area contributed by atoms with Crippen molar-refractivity contribution in [2.24, 2.45) is 0 Å². The van der Waals surface area contributed by atoms with Crippen LogP contribution in [0.25, 0.3) is 0 Å². The lowest BCUT2D eigenvalue weighted by atomic mass is 9.98. The fraction of sp³-hybridized carbons (Fsp3) is 0.417. The molecule has 1 aliphatic rings. The van der Waals surface area contributed by atoms with Gasteiger partial charge in [0.1, 0.15) is 11.9 Å². The largest absolute Gasteiger partial charge is 0.483 e. The lowest BCUT2D eigenvalue weighted by Gasteiger charge is -2.21. The van der Waals surface area contributed by atoms with E-state index in [1.165, 1.54) is 6.42 Å². The van der Waals surface area contributed by atoms with Crippen molar-refractivity contribution in [2.45, 2.75) is 59.0 Å². The zero-order valence-electron chi connectivity index (χ0n) is 17.4. The van der Waals surface area contributed by atoms with Crippen LogP contribution in [0.5, 0.6) is 5.75 Å². The number of hydrogen-bond donors (Lipinski definition) is 1. The first kappa shape index (κ1) is 20.9. The third-order valence-electron chi connectivity index (χ3n) is 5.35. The molecule has 1 saturated carbocycles. The third kappa shape index (κ3) is 5.83. The van der Waals surface area contributed by atoms with E-state index in [1.807, 2.05) is 26.8 Å². The molecule has 29 heavy (non-hydrogen) atoms. The van der Waals surface area contributed by atoms with E-state index in [1.54, 1.807) is 24.3 Å². The monoisotopic (exact) mass is 395 g/mol. The van der Waals surface area contributed by atoms with Crippen LogP contribution in [0.2, 0.25) is 0 Å². The highest BCUT2D eigenvalue weighted by Gasteiger charge is 2.18. The molecule has 0 radical (unpaired) electrons. The van der Waals surface area contributed by atoms with Crippen LogP contribution >= 0.6 is 0 Å². The van der Waals surface area contributed by atoms with Gasteiger partial charge in [-0.05, 0) is 93.5 Å². The number of anilines is 1. The number of aryl methyl sites for hydroxylation is 2. The first-order valence-corrected chi connectivity index (χ1v) is 10.2. The quantitative estimate of drug-likeness (QED) is 0.690. The Morgan fingerprint density at radius 2 is 1.69 bits per heavy atom. The maximum Gasteiger partial charge on any atom is 0.338 e. The molecule has 1 amide bonds. The summed E-state index contributed by atoms with van der Waals surface area (Å²) in [5.41, 5.74) is 4.38. The standard InChI is InChI=1S/C24H29NO4/c1-16-13-17(2)18(3)22(14-16)28-15-23(26)25-20-11-9-19(10-12-20)24(27)29-21-7-5-4-6-8-21/h9-14,21H,4-8,15H2,1-3H3,(H,25,26). The van der Waals surface area contributed by atoms with Gasteiger partial charge in [-0.15, -0.1) is 0 Å². The van der Waals surface area contributed by atoms with Crippen molar-refractivity contribution in [1.29, 1.82) is 0 Å². The molecule has 2 aromatic rings. The van der Waals surface area contributed by atoms with Gasteiger partial charge in [-0.2, -0.15) is 0 Å². The number of nitrogens with one attached hydrogen (secondary N) is 1. The number of ether oxygens (including phenoxy) is 2. The number of hydrogen-bond acceptors (Lipinski definition) is 4. The Balaban J connectivity index is 1.51. The van der Waals surface area contributed by atoms with Crippen molar-refractivity contribution in [3.05, 3.63) is 58.7 Å². The van der Waals surface area contributed by atoms with Crippen LogP contribution < -0.4 is 10.1 Å². The summed E-state index contributed by atoms with van der Waals surface area (Å²) >= 11 is 0. The molecule has 0 heterocycles. The van der Waals surface area contributed by atoms with Crippen molar-refractivity contribution < 1.29 is 19.1 Å². The number of amides is 1. The van der Waals surface area contributed by atoms with Crippen LogP contribution in [0.3, 0.4) is 0 Å². The third-order valence-corrected chi connectivity index (χ3v) is 5.35. The van der Waals surface area contributed by atoms with Crippen molar-refractivity contribution >= 4 is 17.6 Å². The van der Waals surface area contributed by atoms with Gasteiger partial charge in [0, 0.05) is 5.69 Å². The first-order chi connectivity index (χ1) is 13.9. The lowest BCUT2D eigenvalue weighted by Crippen LogP contribution is -2.21. The van der Waals surface area contributed by atoms with Crippen LogP contribution in [-0.4, -0.2) is 24.6 Å². The molecule has 1 aliphatic carbocycles. The highest BCUT2D eigenvalue weighted by molar-refractivity contribution is 5.93. The van der Waals surface area contributed by atoms with Crippen LogP contribution in [0.1, 0.15) is 59.2 Å². The molecule has 0 atom stereocenters. The number of carbonyl (C=O) groups is 2. The number of esters is 1. The summed E-state index contributed by atoms with van der Waals surface area (Å²) in [7, 11) is 0. The second-order valence-corrected chi connectivity index (χ2v) is 7.78. The molecule has 0 unspecified atom stereocenters. The molecule has 0 bridgehead atoms. The van der Waals surface area contributed by atoms with Gasteiger partial charge in [-0.3, -0.25) is 4.79 Å². The summed E-state index contributed by atoms with van der Waals surface area (Å²) in [6.45, 7) is 5.93. The summed E-state index contributed by atoms with van der Waals surface area (Å²) < 4.78 is 11.3. The van der Waals surface area contributed by atoms with Gasteiger partial charge in [0.2, 0.25) is 0 Å². The van der Waals surface area contributed by atoms with E-state index >= 15 is 0 Å². The van der Waals surface area contributed by atoms with Crippen LogP contribution in [0.15, 0.2) is 36.4 Å². The highest BCUT2D eigenvalue weighted by Crippen LogP contribution is 2.24. The van der Waals surface area contributed by atoms with Crippen molar-refractivity contribution in [3.63, 3.8) is 0 Å². The molecule has 5 nitrogen and oxygen atoms in total. The molecule has 0 spiro atoms. The maximum atomic E-state index is 12.3. The minimum Gasteiger partial charge on any atom is -0.483 e. The van der Waals surface area contributed by atoms with E-state index in [9.17, 15) is 9.59 Å². The smallest absolute Gasteiger partial charge is 0.338 e. The molecule has 154 valence electrons. The fourth-order valence-electron chi connectivity index (χ4n) is 3.58. The predicted molar refractivity (Wildman–Crippen MR) is 114 cm³/mol. The van der Waals surface area contributed by atoms with Gasteiger partial charge in [-0.1, -0.05) is 12.5 Å². The molecule has 2 aromatic carbocycles. The predicted octanol–water partition coefficient (Wildman–Crippen LogP) is 5.12. The fourth-order valence-corrected chi connectivity index (χ4v) is 3.58. The summed E-state index contributed by atoms with van der Waals surface area (Å²) in [5.74, 6) is 0.169. The lowest BCUT2D eigenvalue weighted by molar-refractivity contribution is -0.118. The van der Waals surface area contributed by atoms with Gasteiger partial charge in [0.25, 0.3) is 5.91 Å². The molecule has 3 rings (SSSR count). The number of benzene rings is 2. The average molecular weight is 395 g/mol. The minimum absolute atomic E-state index is 0.0292. The Hall–Kier alpha value is -2.82. The zero-order valence-corrected chi connectivity index (χ0v) is 17.4. The molecule has 1 fully saturated rings. The van der Waals surface area contributed by atoms with Crippen molar-refractivity contribution in [3.8, 4) is 5.75 Å². The van der Waals surface area contributed by atoms with Crippen LogP contribution in [-0.2, 0) is 9.53 Å². The Bertz CT molecular complexity index is 867. The van der Waals surface area contributed by atoms with Gasteiger partial charge < -0.3 is 14.8 Å². The normalized spacial score (nSPS) is 14.3. The van der Waals surface area contributed by atoms with Crippen LogP contribution in [0.4, 0.5) is 5.69 Å².